The molecule has 0 fully saturated rings. The fourth-order valence-electron chi connectivity index (χ4n) is 1.84. The van der Waals surface area contributed by atoms with Gasteiger partial charge in [0.15, 0.2) is 0 Å². The van der Waals surface area contributed by atoms with Crippen LogP contribution in [-0.4, -0.2) is 36.1 Å². The van der Waals surface area contributed by atoms with E-state index in [0.717, 1.165) is 12.1 Å². The van der Waals surface area contributed by atoms with Crippen molar-refractivity contribution in [2.45, 2.75) is 26.4 Å². The third kappa shape index (κ3) is 4.18. The minimum absolute atomic E-state index is 0.0343. The Morgan fingerprint density at radius 3 is 2.68 bits per heavy atom. The Hall–Kier alpha value is -1.66. The number of rotatable bonds is 7. The first-order chi connectivity index (χ1) is 8.97. The molecule has 0 atom stereocenters. The number of anilines is 1. The third-order valence-corrected chi connectivity index (χ3v) is 3.06. The van der Waals surface area contributed by atoms with Crippen molar-refractivity contribution in [3.63, 3.8) is 0 Å². The minimum atomic E-state index is -0.451. The van der Waals surface area contributed by atoms with Gasteiger partial charge in [0.1, 0.15) is 5.69 Å². The summed E-state index contributed by atoms with van der Waals surface area (Å²) in [7, 11) is 1.65. The lowest BCUT2D eigenvalue weighted by Gasteiger charge is -2.26. The van der Waals surface area contributed by atoms with E-state index in [0.29, 0.717) is 19.2 Å². The number of para-hydroxylation sites is 1. The molecule has 0 radical (unpaired) electrons. The number of benzene rings is 1. The van der Waals surface area contributed by atoms with Gasteiger partial charge in [-0.05, 0) is 19.4 Å². The predicted octanol–water partition coefficient (Wildman–Crippen LogP) is 2.03. The SMILES string of the molecule is COCCN(Cc1cccc([N+](=O)[O-])c1N)C(C)C. The van der Waals surface area contributed by atoms with Crippen LogP contribution in [0.2, 0.25) is 0 Å². The molecule has 0 unspecified atom stereocenters. The average Bonchev–Trinajstić information content (AvgIpc) is 2.35. The van der Waals surface area contributed by atoms with Crippen molar-refractivity contribution in [1.29, 1.82) is 0 Å². The Labute approximate surface area is 113 Å². The van der Waals surface area contributed by atoms with Gasteiger partial charge in [-0.15, -0.1) is 0 Å². The van der Waals surface area contributed by atoms with Crippen LogP contribution in [0.25, 0.3) is 0 Å². The molecule has 0 amide bonds. The molecule has 106 valence electrons. The fourth-order valence-corrected chi connectivity index (χ4v) is 1.84. The van der Waals surface area contributed by atoms with Crippen molar-refractivity contribution in [2.75, 3.05) is 26.0 Å². The molecule has 1 aromatic carbocycles. The number of hydrogen-bond acceptors (Lipinski definition) is 5. The van der Waals surface area contributed by atoms with E-state index in [-0.39, 0.29) is 11.4 Å². The van der Waals surface area contributed by atoms with Crippen molar-refractivity contribution in [3.05, 3.63) is 33.9 Å². The molecule has 19 heavy (non-hydrogen) atoms. The molecule has 0 saturated heterocycles. The van der Waals surface area contributed by atoms with E-state index in [1.165, 1.54) is 6.07 Å². The minimum Gasteiger partial charge on any atom is -0.393 e. The van der Waals surface area contributed by atoms with E-state index >= 15 is 0 Å². The van der Waals surface area contributed by atoms with Crippen LogP contribution < -0.4 is 5.73 Å². The Bertz CT molecular complexity index is 435. The maximum atomic E-state index is 10.9. The lowest BCUT2D eigenvalue weighted by atomic mass is 10.1. The molecular weight excluding hydrogens is 246 g/mol. The number of nitro benzene ring substituents is 1. The second-order valence-electron chi connectivity index (χ2n) is 4.66. The lowest BCUT2D eigenvalue weighted by molar-refractivity contribution is -0.384. The number of nitrogen functional groups attached to an aromatic ring is 1. The Morgan fingerprint density at radius 1 is 1.47 bits per heavy atom. The highest BCUT2D eigenvalue weighted by molar-refractivity contribution is 5.62. The number of ether oxygens (including phenoxy) is 1. The van der Waals surface area contributed by atoms with Crippen molar-refractivity contribution < 1.29 is 9.66 Å². The molecule has 6 nitrogen and oxygen atoms in total. The molecule has 1 aromatic rings. The molecule has 0 spiro atoms. The van der Waals surface area contributed by atoms with Crippen LogP contribution in [0.1, 0.15) is 19.4 Å². The van der Waals surface area contributed by atoms with E-state index in [2.05, 4.69) is 18.7 Å². The highest BCUT2D eigenvalue weighted by atomic mass is 16.6. The van der Waals surface area contributed by atoms with Gasteiger partial charge in [0.05, 0.1) is 11.5 Å². The van der Waals surface area contributed by atoms with Crippen molar-refractivity contribution in [2.24, 2.45) is 0 Å². The summed E-state index contributed by atoms with van der Waals surface area (Å²) in [6.07, 6.45) is 0. The van der Waals surface area contributed by atoms with Crippen LogP contribution in [-0.2, 0) is 11.3 Å². The first-order valence-corrected chi connectivity index (χ1v) is 6.22. The largest absolute Gasteiger partial charge is 0.393 e. The van der Waals surface area contributed by atoms with Gasteiger partial charge >= 0.3 is 0 Å². The van der Waals surface area contributed by atoms with Crippen LogP contribution in [0.15, 0.2) is 18.2 Å². The van der Waals surface area contributed by atoms with Gasteiger partial charge < -0.3 is 10.5 Å². The summed E-state index contributed by atoms with van der Waals surface area (Å²) in [4.78, 5) is 12.6. The first kappa shape index (κ1) is 15.4. The maximum Gasteiger partial charge on any atom is 0.292 e. The lowest BCUT2D eigenvalue weighted by Crippen LogP contribution is -2.33. The summed E-state index contributed by atoms with van der Waals surface area (Å²) < 4.78 is 5.07. The molecule has 0 aliphatic rings. The number of nitrogens with two attached hydrogens (primary N) is 1. The average molecular weight is 267 g/mol. The van der Waals surface area contributed by atoms with Gasteiger partial charge in [-0.2, -0.15) is 0 Å². The molecule has 0 bridgehead atoms. The molecular formula is C13H21N3O3. The Balaban J connectivity index is 2.90. The van der Waals surface area contributed by atoms with E-state index in [9.17, 15) is 10.1 Å². The molecule has 0 aromatic heterocycles. The second kappa shape index (κ2) is 7.06. The van der Waals surface area contributed by atoms with Gasteiger partial charge in [0, 0.05) is 32.3 Å². The quantitative estimate of drug-likeness (QED) is 0.464. The van der Waals surface area contributed by atoms with Crippen molar-refractivity contribution in [1.82, 2.24) is 4.90 Å². The van der Waals surface area contributed by atoms with Gasteiger partial charge in [0.2, 0.25) is 0 Å². The van der Waals surface area contributed by atoms with Crippen LogP contribution in [0.3, 0.4) is 0 Å². The van der Waals surface area contributed by atoms with Gasteiger partial charge in [-0.3, -0.25) is 15.0 Å². The normalized spacial score (nSPS) is 11.2. The van der Waals surface area contributed by atoms with Gasteiger partial charge in [-0.25, -0.2) is 0 Å². The van der Waals surface area contributed by atoms with Gasteiger partial charge in [-0.1, -0.05) is 12.1 Å². The van der Waals surface area contributed by atoms with E-state index in [1.54, 1.807) is 13.2 Å². The summed E-state index contributed by atoms with van der Waals surface area (Å²) >= 11 is 0. The van der Waals surface area contributed by atoms with Crippen LogP contribution >= 0.6 is 0 Å². The zero-order valence-electron chi connectivity index (χ0n) is 11.6. The van der Waals surface area contributed by atoms with E-state index < -0.39 is 4.92 Å². The molecule has 0 saturated carbocycles. The molecule has 0 aliphatic heterocycles. The molecule has 6 heteroatoms. The van der Waals surface area contributed by atoms with Crippen LogP contribution in [0.4, 0.5) is 11.4 Å². The maximum absolute atomic E-state index is 10.9. The smallest absolute Gasteiger partial charge is 0.292 e. The highest BCUT2D eigenvalue weighted by Gasteiger charge is 2.17. The topological polar surface area (TPSA) is 81.6 Å². The number of nitrogens with zero attached hydrogens (tertiary/aromatic N) is 2. The highest BCUT2D eigenvalue weighted by Crippen LogP contribution is 2.26. The molecule has 1 rings (SSSR count). The Morgan fingerprint density at radius 2 is 2.16 bits per heavy atom. The predicted molar refractivity (Wildman–Crippen MR) is 74.9 cm³/mol. The molecule has 0 heterocycles. The molecule has 0 aliphatic carbocycles. The summed E-state index contributed by atoms with van der Waals surface area (Å²) in [6.45, 7) is 6.10. The standard InChI is InChI=1S/C13H21N3O3/c1-10(2)15(7-8-19-3)9-11-5-4-6-12(13(11)14)16(17)18/h4-6,10H,7-9,14H2,1-3H3. The third-order valence-electron chi connectivity index (χ3n) is 3.06. The number of hydrogen-bond donors (Lipinski definition) is 1. The summed E-state index contributed by atoms with van der Waals surface area (Å²) in [5.74, 6) is 0. The second-order valence-corrected chi connectivity index (χ2v) is 4.66. The monoisotopic (exact) mass is 267 g/mol. The number of nitro groups is 1. The van der Waals surface area contributed by atoms with Crippen LogP contribution in [0, 0.1) is 10.1 Å². The van der Waals surface area contributed by atoms with Crippen LogP contribution in [0.5, 0.6) is 0 Å². The fraction of sp³-hybridized carbons (Fsp3) is 0.538. The Kier molecular flexibility index (Phi) is 5.72. The number of methoxy groups -OCH3 is 1. The zero-order chi connectivity index (χ0) is 14.4. The zero-order valence-corrected chi connectivity index (χ0v) is 11.6. The van der Waals surface area contributed by atoms with Crippen molar-refractivity contribution in [3.8, 4) is 0 Å². The first-order valence-electron chi connectivity index (χ1n) is 6.22. The van der Waals surface area contributed by atoms with Gasteiger partial charge in [0.25, 0.3) is 5.69 Å². The van der Waals surface area contributed by atoms with E-state index in [1.807, 2.05) is 6.07 Å². The van der Waals surface area contributed by atoms with Crippen molar-refractivity contribution >= 4 is 11.4 Å². The summed E-state index contributed by atoms with van der Waals surface area (Å²) in [6, 6.07) is 5.23. The molecule has 2 N–H and O–H groups in total. The van der Waals surface area contributed by atoms with E-state index in [4.69, 9.17) is 10.5 Å². The summed E-state index contributed by atoms with van der Waals surface area (Å²) in [5, 5.41) is 10.9. The summed E-state index contributed by atoms with van der Waals surface area (Å²) in [5.41, 5.74) is 6.85.